The van der Waals surface area contributed by atoms with Crippen LogP contribution in [0.5, 0.6) is 5.75 Å². The van der Waals surface area contributed by atoms with E-state index in [4.69, 9.17) is 0 Å². The summed E-state index contributed by atoms with van der Waals surface area (Å²) in [7, 11) is 0. The molecule has 0 atom stereocenters. The summed E-state index contributed by atoms with van der Waals surface area (Å²) < 4.78 is 42.9. The SMILES string of the molecule is Cc1cc(C)nc(SCc2c(C(=O)Nc3ccccc3)nnn2-c2ccc(OC(F)(F)F)cc2)n1. The number of hydrogen-bond donors (Lipinski definition) is 1. The first kappa shape index (κ1) is 24.2. The fourth-order valence-corrected chi connectivity index (χ4v) is 4.15. The molecule has 0 spiro atoms. The van der Waals surface area contributed by atoms with E-state index >= 15 is 0 Å². The van der Waals surface area contributed by atoms with Gasteiger partial charge in [-0.15, -0.1) is 18.3 Å². The molecular formula is C23H19F3N6O2S. The molecule has 4 rings (SSSR count). The maximum Gasteiger partial charge on any atom is 0.573 e. The number of nitrogens with zero attached hydrogens (tertiary/aromatic N) is 5. The first-order valence-electron chi connectivity index (χ1n) is 10.3. The van der Waals surface area contributed by atoms with Crippen molar-refractivity contribution in [2.75, 3.05) is 5.32 Å². The zero-order valence-corrected chi connectivity index (χ0v) is 19.4. The number of anilines is 1. The van der Waals surface area contributed by atoms with Crippen LogP contribution >= 0.6 is 11.8 Å². The van der Waals surface area contributed by atoms with E-state index in [9.17, 15) is 18.0 Å². The van der Waals surface area contributed by atoms with Gasteiger partial charge in [0.15, 0.2) is 10.9 Å². The van der Waals surface area contributed by atoms with Gasteiger partial charge in [-0.1, -0.05) is 35.2 Å². The molecule has 35 heavy (non-hydrogen) atoms. The van der Waals surface area contributed by atoms with Gasteiger partial charge in [0.2, 0.25) is 0 Å². The predicted molar refractivity (Wildman–Crippen MR) is 124 cm³/mol. The van der Waals surface area contributed by atoms with Gasteiger partial charge in [-0.25, -0.2) is 14.6 Å². The third-order valence-electron chi connectivity index (χ3n) is 4.62. The summed E-state index contributed by atoms with van der Waals surface area (Å²) in [5, 5.41) is 11.4. The number of thioether (sulfide) groups is 1. The lowest BCUT2D eigenvalue weighted by Gasteiger charge is -2.11. The quantitative estimate of drug-likeness (QED) is 0.278. The Bertz CT molecular complexity index is 1310. The number of benzene rings is 2. The highest BCUT2D eigenvalue weighted by atomic mass is 32.2. The van der Waals surface area contributed by atoms with E-state index in [1.807, 2.05) is 26.0 Å². The topological polar surface area (TPSA) is 94.8 Å². The number of amides is 1. The van der Waals surface area contributed by atoms with Gasteiger partial charge in [-0.05, 0) is 56.3 Å². The molecule has 4 aromatic rings. The van der Waals surface area contributed by atoms with Crippen LogP contribution in [0.2, 0.25) is 0 Å². The van der Waals surface area contributed by atoms with Crippen LogP contribution in [0.4, 0.5) is 18.9 Å². The molecule has 12 heteroatoms. The molecule has 0 aliphatic rings. The lowest BCUT2D eigenvalue weighted by molar-refractivity contribution is -0.274. The van der Waals surface area contributed by atoms with Crippen molar-refractivity contribution in [2.24, 2.45) is 0 Å². The molecule has 0 radical (unpaired) electrons. The van der Waals surface area contributed by atoms with Crippen LogP contribution < -0.4 is 10.1 Å². The third-order valence-corrected chi connectivity index (χ3v) is 5.48. The Balaban J connectivity index is 1.65. The van der Waals surface area contributed by atoms with E-state index in [1.165, 1.54) is 28.6 Å². The Kier molecular flexibility index (Phi) is 7.01. The monoisotopic (exact) mass is 500 g/mol. The van der Waals surface area contributed by atoms with Crippen LogP contribution in [0.3, 0.4) is 0 Å². The highest BCUT2D eigenvalue weighted by Gasteiger charge is 2.31. The zero-order chi connectivity index (χ0) is 25.0. The van der Waals surface area contributed by atoms with Gasteiger partial charge in [-0.3, -0.25) is 4.79 Å². The molecule has 180 valence electrons. The minimum Gasteiger partial charge on any atom is -0.406 e. The lowest BCUT2D eigenvalue weighted by atomic mass is 10.2. The average Bonchev–Trinajstić information content (AvgIpc) is 3.21. The summed E-state index contributed by atoms with van der Waals surface area (Å²) in [5.41, 5.74) is 3.08. The first-order chi connectivity index (χ1) is 16.7. The summed E-state index contributed by atoms with van der Waals surface area (Å²) >= 11 is 1.29. The largest absolute Gasteiger partial charge is 0.573 e. The number of carbonyl (C=O) groups is 1. The van der Waals surface area contributed by atoms with Crippen molar-refractivity contribution in [3.8, 4) is 11.4 Å². The second-order valence-electron chi connectivity index (χ2n) is 7.38. The maximum atomic E-state index is 13.0. The number of rotatable bonds is 7. The molecule has 0 unspecified atom stereocenters. The molecule has 1 N–H and O–H groups in total. The fourth-order valence-electron chi connectivity index (χ4n) is 3.21. The zero-order valence-electron chi connectivity index (χ0n) is 18.6. The number of halogens is 3. The number of para-hydroxylation sites is 1. The smallest absolute Gasteiger partial charge is 0.406 e. The van der Waals surface area contributed by atoms with Crippen LogP contribution in [-0.4, -0.2) is 37.2 Å². The number of ether oxygens (including phenoxy) is 1. The van der Waals surface area contributed by atoms with Crippen LogP contribution in [0.15, 0.2) is 65.8 Å². The Morgan fingerprint density at radius 2 is 1.69 bits per heavy atom. The number of hydrogen-bond acceptors (Lipinski definition) is 7. The average molecular weight is 501 g/mol. The fraction of sp³-hybridized carbons (Fsp3) is 0.174. The summed E-state index contributed by atoms with van der Waals surface area (Å²) in [6.45, 7) is 3.71. The molecule has 1 amide bonds. The lowest BCUT2D eigenvalue weighted by Crippen LogP contribution is -2.17. The first-order valence-corrected chi connectivity index (χ1v) is 11.3. The molecular weight excluding hydrogens is 481 g/mol. The van der Waals surface area contributed by atoms with Gasteiger partial charge in [0.1, 0.15) is 5.75 Å². The molecule has 2 aromatic heterocycles. The number of carbonyl (C=O) groups excluding carboxylic acids is 1. The molecule has 0 aliphatic carbocycles. The Hall–Kier alpha value is -3.93. The van der Waals surface area contributed by atoms with Crippen molar-refractivity contribution in [1.82, 2.24) is 25.0 Å². The number of nitrogens with one attached hydrogen (secondary N) is 1. The summed E-state index contributed by atoms with van der Waals surface area (Å²) in [4.78, 5) is 21.8. The molecule has 0 saturated heterocycles. The van der Waals surface area contributed by atoms with E-state index in [0.717, 1.165) is 23.5 Å². The van der Waals surface area contributed by atoms with Crippen molar-refractivity contribution >= 4 is 23.4 Å². The Morgan fingerprint density at radius 1 is 1.03 bits per heavy atom. The van der Waals surface area contributed by atoms with Crippen molar-refractivity contribution in [1.29, 1.82) is 0 Å². The van der Waals surface area contributed by atoms with E-state index in [-0.39, 0.29) is 17.2 Å². The molecule has 2 heterocycles. The van der Waals surface area contributed by atoms with Gasteiger partial charge in [-0.2, -0.15) is 0 Å². The number of aromatic nitrogens is 5. The Morgan fingerprint density at radius 3 is 2.31 bits per heavy atom. The normalized spacial score (nSPS) is 11.3. The minimum absolute atomic E-state index is 0.0707. The van der Waals surface area contributed by atoms with E-state index in [0.29, 0.717) is 22.2 Å². The van der Waals surface area contributed by atoms with Gasteiger partial charge in [0.25, 0.3) is 5.91 Å². The second kappa shape index (κ2) is 10.1. The van der Waals surface area contributed by atoms with Crippen molar-refractivity contribution in [2.45, 2.75) is 31.1 Å². The minimum atomic E-state index is -4.80. The highest BCUT2D eigenvalue weighted by Crippen LogP contribution is 2.27. The molecule has 0 bridgehead atoms. The van der Waals surface area contributed by atoms with Gasteiger partial charge in [0.05, 0.1) is 11.4 Å². The predicted octanol–water partition coefficient (Wildman–Crippen LogP) is 5.12. The number of alkyl halides is 3. The van der Waals surface area contributed by atoms with Gasteiger partial charge < -0.3 is 10.1 Å². The highest BCUT2D eigenvalue weighted by molar-refractivity contribution is 7.98. The molecule has 0 fully saturated rings. The van der Waals surface area contributed by atoms with Crippen molar-refractivity contribution < 1.29 is 22.7 Å². The van der Waals surface area contributed by atoms with Crippen molar-refractivity contribution in [3.05, 3.63) is 83.4 Å². The van der Waals surface area contributed by atoms with E-state index in [2.05, 4.69) is 30.3 Å². The molecule has 2 aromatic carbocycles. The van der Waals surface area contributed by atoms with E-state index in [1.54, 1.807) is 24.3 Å². The molecule has 0 saturated carbocycles. The van der Waals surface area contributed by atoms with Gasteiger partial charge in [0, 0.05) is 22.8 Å². The molecule has 0 aliphatic heterocycles. The second-order valence-corrected chi connectivity index (χ2v) is 8.32. The van der Waals surface area contributed by atoms with Crippen LogP contribution in [-0.2, 0) is 5.75 Å². The summed E-state index contributed by atoms with van der Waals surface area (Å²) in [6.07, 6.45) is -4.80. The van der Waals surface area contributed by atoms with E-state index < -0.39 is 12.3 Å². The molecule has 8 nitrogen and oxygen atoms in total. The van der Waals surface area contributed by atoms with Gasteiger partial charge >= 0.3 is 6.36 Å². The standard InChI is InChI=1S/C23H19F3N6O2S/c1-14-12-15(2)28-22(27-14)35-13-19-20(21(33)29-16-6-4-3-5-7-16)30-31-32(19)17-8-10-18(11-9-17)34-23(24,25)26/h3-12H,13H2,1-2H3,(H,29,33). The van der Waals surface area contributed by atoms with Crippen molar-refractivity contribution in [3.63, 3.8) is 0 Å². The van der Waals surface area contributed by atoms with Crippen LogP contribution in [0.25, 0.3) is 5.69 Å². The summed E-state index contributed by atoms with van der Waals surface area (Å²) in [5.74, 6) is -0.617. The van der Waals surface area contributed by atoms with Crippen LogP contribution in [0, 0.1) is 13.8 Å². The van der Waals surface area contributed by atoms with Crippen LogP contribution in [0.1, 0.15) is 27.6 Å². The Labute approximate surface area is 202 Å². The maximum absolute atomic E-state index is 13.0. The third kappa shape index (κ3) is 6.35. The summed E-state index contributed by atoms with van der Waals surface area (Å²) in [6, 6.07) is 15.8. The number of aryl methyl sites for hydroxylation is 2.